The van der Waals surface area contributed by atoms with E-state index in [9.17, 15) is 12.6 Å². The zero-order chi connectivity index (χ0) is 13.6. The molecule has 1 aromatic rings. The Morgan fingerprint density at radius 1 is 1.28 bits per heavy atom. The Hall–Kier alpha value is -0.920. The lowest BCUT2D eigenvalue weighted by Gasteiger charge is -2.10. The zero-order valence-corrected chi connectivity index (χ0v) is 12.1. The van der Waals surface area contributed by atoms with Gasteiger partial charge in [-0.1, -0.05) is 19.1 Å². The number of para-hydroxylation sites is 1. The fourth-order valence-corrected chi connectivity index (χ4v) is 3.41. The number of hydrogen-bond acceptors (Lipinski definition) is 4. The summed E-state index contributed by atoms with van der Waals surface area (Å²) in [6.45, 7) is 1.99. The van der Waals surface area contributed by atoms with Crippen LogP contribution in [-0.4, -0.2) is 37.7 Å². The summed E-state index contributed by atoms with van der Waals surface area (Å²) in [6, 6.07) is 6.65. The first-order valence-electron chi connectivity index (χ1n) is 5.62. The SMILES string of the molecule is CCS(=O)CCNS(=O)(=O)c1ccccc1NC. The molecule has 0 radical (unpaired) electrons. The number of sulfonamides is 1. The number of hydrogen-bond donors (Lipinski definition) is 2. The van der Waals surface area contributed by atoms with Gasteiger partial charge in [0.2, 0.25) is 10.0 Å². The lowest BCUT2D eigenvalue weighted by Crippen LogP contribution is -2.28. The van der Waals surface area contributed by atoms with Crippen LogP contribution in [0.15, 0.2) is 29.2 Å². The predicted molar refractivity (Wildman–Crippen MR) is 74.7 cm³/mol. The molecule has 1 atom stereocenters. The highest BCUT2D eigenvalue weighted by Gasteiger charge is 2.17. The first-order chi connectivity index (χ1) is 8.51. The van der Waals surface area contributed by atoms with Crippen LogP contribution in [0.2, 0.25) is 0 Å². The van der Waals surface area contributed by atoms with Crippen molar-refractivity contribution in [2.75, 3.05) is 30.4 Å². The Labute approximate surface area is 110 Å². The van der Waals surface area contributed by atoms with E-state index in [2.05, 4.69) is 10.0 Å². The Morgan fingerprint density at radius 2 is 1.94 bits per heavy atom. The van der Waals surface area contributed by atoms with Gasteiger partial charge in [0.25, 0.3) is 0 Å². The van der Waals surface area contributed by atoms with E-state index in [4.69, 9.17) is 0 Å². The second-order valence-corrected chi connectivity index (χ2v) is 7.18. The van der Waals surface area contributed by atoms with E-state index in [1.165, 1.54) is 6.07 Å². The highest BCUT2D eigenvalue weighted by atomic mass is 32.2. The monoisotopic (exact) mass is 290 g/mol. The Morgan fingerprint density at radius 3 is 2.56 bits per heavy atom. The van der Waals surface area contributed by atoms with Gasteiger partial charge in [-0.25, -0.2) is 13.1 Å². The Bertz CT molecular complexity index is 515. The maximum atomic E-state index is 12.0. The lowest BCUT2D eigenvalue weighted by atomic mass is 10.3. The third kappa shape index (κ3) is 4.08. The van der Waals surface area contributed by atoms with Gasteiger partial charge in [0.15, 0.2) is 0 Å². The molecule has 0 aliphatic rings. The molecule has 0 saturated heterocycles. The van der Waals surface area contributed by atoms with Crippen molar-refractivity contribution < 1.29 is 12.6 Å². The van der Waals surface area contributed by atoms with Crippen molar-refractivity contribution in [3.63, 3.8) is 0 Å². The van der Waals surface area contributed by atoms with E-state index in [0.717, 1.165) is 0 Å². The molecule has 0 heterocycles. The van der Waals surface area contributed by atoms with Gasteiger partial charge in [0, 0.05) is 35.9 Å². The normalized spacial score (nSPS) is 13.2. The van der Waals surface area contributed by atoms with Crippen molar-refractivity contribution in [3.8, 4) is 0 Å². The number of benzene rings is 1. The van der Waals surface area contributed by atoms with Gasteiger partial charge >= 0.3 is 0 Å². The molecule has 2 N–H and O–H groups in total. The van der Waals surface area contributed by atoms with Crippen LogP contribution in [0.25, 0.3) is 0 Å². The second-order valence-electron chi connectivity index (χ2n) is 3.58. The van der Waals surface area contributed by atoms with Crippen molar-refractivity contribution in [3.05, 3.63) is 24.3 Å². The molecule has 1 aromatic carbocycles. The average Bonchev–Trinajstić information content (AvgIpc) is 2.38. The van der Waals surface area contributed by atoms with Crippen LogP contribution in [0.3, 0.4) is 0 Å². The van der Waals surface area contributed by atoms with Crippen LogP contribution < -0.4 is 10.0 Å². The van der Waals surface area contributed by atoms with Gasteiger partial charge in [-0.3, -0.25) is 4.21 Å². The average molecular weight is 290 g/mol. The molecule has 0 spiro atoms. The minimum atomic E-state index is -3.55. The van der Waals surface area contributed by atoms with Gasteiger partial charge in [-0.15, -0.1) is 0 Å². The maximum absolute atomic E-state index is 12.0. The van der Waals surface area contributed by atoms with Crippen LogP contribution in [0, 0.1) is 0 Å². The molecule has 1 rings (SSSR count). The molecule has 0 bridgehead atoms. The predicted octanol–water partition coefficient (Wildman–Crippen LogP) is 0.775. The van der Waals surface area contributed by atoms with Crippen LogP contribution in [-0.2, 0) is 20.8 Å². The minimum Gasteiger partial charge on any atom is -0.387 e. The molecule has 5 nitrogen and oxygen atoms in total. The highest BCUT2D eigenvalue weighted by Crippen LogP contribution is 2.19. The van der Waals surface area contributed by atoms with E-state index in [1.807, 2.05) is 0 Å². The molecule has 0 fully saturated rings. The summed E-state index contributed by atoms with van der Waals surface area (Å²) in [5, 5.41) is 2.83. The first-order valence-corrected chi connectivity index (χ1v) is 8.59. The number of rotatable bonds is 7. The highest BCUT2D eigenvalue weighted by molar-refractivity contribution is 7.89. The molecule has 0 aromatic heterocycles. The second kappa shape index (κ2) is 6.86. The minimum absolute atomic E-state index is 0.181. The van der Waals surface area contributed by atoms with E-state index in [1.54, 1.807) is 32.2 Å². The van der Waals surface area contributed by atoms with Gasteiger partial charge < -0.3 is 5.32 Å². The lowest BCUT2D eigenvalue weighted by molar-refractivity contribution is 0.584. The van der Waals surface area contributed by atoms with Crippen molar-refractivity contribution in [1.29, 1.82) is 0 Å². The van der Waals surface area contributed by atoms with E-state index in [0.29, 0.717) is 17.2 Å². The number of nitrogens with one attached hydrogen (secondary N) is 2. The molecule has 0 aliphatic carbocycles. The third-order valence-corrected chi connectivity index (χ3v) is 5.21. The summed E-state index contributed by atoms with van der Waals surface area (Å²) in [7, 11) is -2.85. The van der Waals surface area contributed by atoms with Gasteiger partial charge in [-0.05, 0) is 12.1 Å². The third-order valence-electron chi connectivity index (χ3n) is 2.39. The molecule has 1 unspecified atom stereocenters. The summed E-state index contributed by atoms with van der Waals surface area (Å²) in [6.07, 6.45) is 0. The van der Waals surface area contributed by atoms with Crippen molar-refractivity contribution in [1.82, 2.24) is 4.72 Å². The van der Waals surface area contributed by atoms with Crippen LogP contribution in [0.1, 0.15) is 6.92 Å². The fourth-order valence-electron chi connectivity index (χ4n) is 1.42. The fraction of sp³-hybridized carbons (Fsp3) is 0.455. The largest absolute Gasteiger partial charge is 0.387 e. The van der Waals surface area contributed by atoms with E-state index >= 15 is 0 Å². The zero-order valence-electron chi connectivity index (χ0n) is 10.5. The summed E-state index contributed by atoms with van der Waals surface area (Å²) < 4.78 is 37.7. The molecule has 0 saturated carbocycles. The van der Waals surface area contributed by atoms with Crippen LogP contribution in [0.4, 0.5) is 5.69 Å². The molecule has 0 amide bonds. The van der Waals surface area contributed by atoms with Crippen molar-refractivity contribution >= 4 is 26.5 Å². The summed E-state index contributed by atoms with van der Waals surface area (Å²) in [5.74, 6) is 0.867. The Kier molecular flexibility index (Phi) is 5.77. The number of anilines is 1. The topological polar surface area (TPSA) is 75.3 Å². The van der Waals surface area contributed by atoms with Crippen molar-refractivity contribution in [2.24, 2.45) is 0 Å². The molecular weight excluding hydrogens is 272 g/mol. The quantitative estimate of drug-likeness (QED) is 0.778. The molecular formula is C11H18N2O3S2. The molecule has 18 heavy (non-hydrogen) atoms. The van der Waals surface area contributed by atoms with E-state index in [-0.39, 0.29) is 11.4 Å². The van der Waals surface area contributed by atoms with E-state index < -0.39 is 20.8 Å². The maximum Gasteiger partial charge on any atom is 0.242 e. The summed E-state index contributed by atoms with van der Waals surface area (Å²) >= 11 is 0. The smallest absolute Gasteiger partial charge is 0.242 e. The first kappa shape index (κ1) is 15.1. The summed E-state index contributed by atoms with van der Waals surface area (Å²) in [5.41, 5.74) is 0.543. The Balaban J connectivity index is 2.77. The van der Waals surface area contributed by atoms with Gasteiger partial charge in [0.1, 0.15) is 4.90 Å². The standard InChI is InChI=1S/C11H18N2O3S2/c1-3-17(14)9-8-13-18(15,16)11-7-5-4-6-10(11)12-2/h4-7,12-13H,3,8-9H2,1-2H3. The van der Waals surface area contributed by atoms with Gasteiger partial charge in [-0.2, -0.15) is 0 Å². The summed E-state index contributed by atoms with van der Waals surface area (Å²) in [4.78, 5) is 0.204. The molecule has 7 heteroatoms. The van der Waals surface area contributed by atoms with Crippen LogP contribution >= 0.6 is 0 Å². The van der Waals surface area contributed by atoms with Gasteiger partial charge in [0.05, 0.1) is 5.69 Å². The van der Waals surface area contributed by atoms with Crippen molar-refractivity contribution in [2.45, 2.75) is 11.8 Å². The molecule has 0 aliphatic heterocycles. The molecule has 102 valence electrons. The van der Waals surface area contributed by atoms with Crippen LogP contribution in [0.5, 0.6) is 0 Å².